The summed E-state index contributed by atoms with van der Waals surface area (Å²) in [5, 5.41) is 0.869. The number of hydrogen-bond donors (Lipinski definition) is 1. The lowest BCUT2D eigenvalue weighted by Crippen LogP contribution is -2.03. The van der Waals surface area contributed by atoms with Crippen molar-refractivity contribution >= 4 is 34.7 Å². The van der Waals surface area contributed by atoms with E-state index in [-0.39, 0.29) is 5.78 Å². The van der Waals surface area contributed by atoms with Crippen LogP contribution in [0.3, 0.4) is 0 Å². The molecule has 3 nitrogen and oxygen atoms in total. The van der Waals surface area contributed by atoms with Gasteiger partial charge in [-0.15, -0.1) is 0 Å². The summed E-state index contributed by atoms with van der Waals surface area (Å²) in [5.74, 6) is 0.256. The van der Waals surface area contributed by atoms with Gasteiger partial charge in [-0.05, 0) is 36.4 Å². The molecule has 98 valence electrons. The number of anilines is 1. The van der Waals surface area contributed by atoms with Crippen LogP contribution in [0.2, 0.25) is 10.0 Å². The second-order valence-electron chi connectivity index (χ2n) is 3.95. The molecule has 0 spiro atoms. The Balaban J connectivity index is 2.43. The van der Waals surface area contributed by atoms with Crippen LogP contribution in [0, 0.1) is 0 Å². The van der Waals surface area contributed by atoms with Gasteiger partial charge in [0.2, 0.25) is 0 Å². The van der Waals surface area contributed by atoms with Crippen LogP contribution >= 0.6 is 23.2 Å². The van der Waals surface area contributed by atoms with Crippen molar-refractivity contribution in [1.29, 1.82) is 0 Å². The number of carbonyl (C=O) groups is 1. The van der Waals surface area contributed by atoms with Crippen molar-refractivity contribution in [1.82, 2.24) is 0 Å². The molecule has 2 aromatic carbocycles. The van der Waals surface area contributed by atoms with E-state index >= 15 is 0 Å². The number of rotatable bonds is 3. The maximum absolute atomic E-state index is 12.3. The number of ketones is 1. The third-order valence-electron chi connectivity index (χ3n) is 2.60. The first kappa shape index (κ1) is 13.7. The Morgan fingerprint density at radius 2 is 1.84 bits per heavy atom. The number of halogens is 2. The molecule has 0 atom stereocenters. The minimum atomic E-state index is -0.191. The van der Waals surface area contributed by atoms with Crippen molar-refractivity contribution in [2.75, 3.05) is 12.8 Å². The van der Waals surface area contributed by atoms with Gasteiger partial charge in [-0.3, -0.25) is 4.79 Å². The van der Waals surface area contributed by atoms with Gasteiger partial charge >= 0.3 is 0 Å². The molecule has 2 aromatic rings. The number of nitrogens with two attached hydrogens (primary N) is 1. The Morgan fingerprint density at radius 1 is 1.11 bits per heavy atom. The van der Waals surface area contributed by atoms with Gasteiger partial charge in [0.15, 0.2) is 5.78 Å². The van der Waals surface area contributed by atoms with Crippen molar-refractivity contribution < 1.29 is 9.53 Å². The predicted molar refractivity (Wildman–Crippen MR) is 77.3 cm³/mol. The zero-order valence-electron chi connectivity index (χ0n) is 10.1. The van der Waals surface area contributed by atoms with E-state index in [4.69, 9.17) is 33.7 Å². The molecule has 0 unspecified atom stereocenters. The molecule has 2 rings (SSSR count). The Bertz CT molecular complexity index is 621. The summed E-state index contributed by atoms with van der Waals surface area (Å²) in [7, 11) is 1.49. The summed E-state index contributed by atoms with van der Waals surface area (Å²) >= 11 is 11.8. The SMILES string of the molecule is COc1cc(C(=O)c2cc(N)cc(Cl)c2)ccc1Cl. The van der Waals surface area contributed by atoms with E-state index in [2.05, 4.69) is 0 Å². The molecule has 0 saturated heterocycles. The number of ether oxygens (including phenoxy) is 1. The van der Waals surface area contributed by atoms with Crippen molar-refractivity contribution in [3.8, 4) is 5.75 Å². The van der Waals surface area contributed by atoms with E-state index in [1.165, 1.54) is 7.11 Å². The number of benzene rings is 2. The second-order valence-corrected chi connectivity index (χ2v) is 4.80. The van der Waals surface area contributed by atoms with Crippen LogP contribution in [-0.4, -0.2) is 12.9 Å². The molecule has 0 radical (unpaired) electrons. The van der Waals surface area contributed by atoms with Gasteiger partial charge < -0.3 is 10.5 Å². The lowest BCUT2D eigenvalue weighted by molar-refractivity contribution is 0.103. The Morgan fingerprint density at radius 3 is 2.47 bits per heavy atom. The van der Waals surface area contributed by atoms with Crippen LogP contribution in [0.25, 0.3) is 0 Å². The summed E-state index contributed by atoms with van der Waals surface area (Å²) in [5.41, 5.74) is 7.00. The lowest BCUT2D eigenvalue weighted by Gasteiger charge is -2.07. The average molecular weight is 296 g/mol. The monoisotopic (exact) mass is 295 g/mol. The van der Waals surface area contributed by atoms with Crippen molar-refractivity contribution in [2.45, 2.75) is 0 Å². The van der Waals surface area contributed by atoms with Crippen LogP contribution in [0.4, 0.5) is 5.69 Å². The Kier molecular flexibility index (Phi) is 3.98. The molecule has 0 aromatic heterocycles. The lowest BCUT2D eigenvalue weighted by atomic mass is 10.0. The summed E-state index contributed by atoms with van der Waals surface area (Å²) in [6.45, 7) is 0. The fraction of sp³-hybridized carbons (Fsp3) is 0.0714. The molecule has 0 aliphatic rings. The molecule has 0 saturated carbocycles. The molecule has 0 aliphatic heterocycles. The molecule has 0 amide bonds. The molecule has 0 bridgehead atoms. The smallest absolute Gasteiger partial charge is 0.193 e. The molecule has 0 fully saturated rings. The van der Waals surface area contributed by atoms with Gasteiger partial charge in [-0.2, -0.15) is 0 Å². The van der Waals surface area contributed by atoms with Gasteiger partial charge in [0.05, 0.1) is 12.1 Å². The zero-order chi connectivity index (χ0) is 14.0. The minimum absolute atomic E-state index is 0.191. The second kappa shape index (κ2) is 5.51. The highest BCUT2D eigenvalue weighted by Crippen LogP contribution is 2.27. The highest BCUT2D eigenvalue weighted by Gasteiger charge is 2.13. The van der Waals surface area contributed by atoms with E-state index in [1.807, 2.05) is 0 Å². The molecular weight excluding hydrogens is 285 g/mol. The summed E-state index contributed by atoms with van der Waals surface area (Å²) in [6.07, 6.45) is 0. The standard InChI is InChI=1S/C14H11Cl2NO2/c1-19-13-6-8(2-3-12(13)16)14(18)9-4-10(15)7-11(17)5-9/h2-7H,17H2,1H3. The largest absolute Gasteiger partial charge is 0.495 e. The van der Waals surface area contributed by atoms with E-state index in [0.717, 1.165) is 0 Å². The average Bonchev–Trinajstić information content (AvgIpc) is 2.37. The number of hydrogen-bond acceptors (Lipinski definition) is 3. The summed E-state index contributed by atoms with van der Waals surface area (Å²) in [4.78, 5) is 12.3. The van der Waals surface area contributed by atoms with E-state index < -0.39 is 0 Å². The van der Waals surface area contributed by atoms with Gasteiger partial charge in [0, 0.05) is 21.8 Å². The number of carbonyl (C=O) groups excluding carboxylic acids is 1. The fourth-order valence-electron chi connectivity index (χ4n) is 1.71. The summed E-state index contributed by atoms with van der Waals surface area (Å²) < 4.78 is 5.08. The van der Waals surface area contributed by atoms with E-state index in [0.29, 0.717) is 32.6 Å². The maximum Gasteiger partial charge on any atom is 0.193 e. The van der Waals surface area contributed by atoms with E-state index in [9.17, 15) is 4.79 Å². The van der Waals surface area contributed by atoms with Crippen LogP contribution in [0.1, 0.15) is 15.9 Å². The third-order valence-corrected chi connectivity index (χ3v) is 3.13. The minimum Gasteiger partial charge on any atom is -0.495 e. The Hall–Kier alpha value is -1.71. The topological polar surface area (TPSA) is 52.3 Å². The predicted octanol–water partition coefficient (Wildman–Crippen LogP) is 3.82. The molecule has 5 heteroatoms. The van der Waals surface area contributed by atoms with Crippen molar-refractivity contribution in [3.63, 3.8) is 0 Å². The molecular formula is C14H11Cl2NO2. The van der Waals surface area contributed by atoms with Gasteiger partial charge in [-0.25, -0.2) is 0 Å². The van der Waals surface area contributed by atoms with E-state index in [1.54, 1.807) is 36.4 Å². The van der Waals surface area contributed by atoms with Gasteiger partial charge in [0.25, 0.3) is 0 Å². The molecule has 0 aliphatic carbocycles. The molecule has 2 N–H and O–H groups in total. The third kappa shape index (κ3) is 3.00. The normalized spacial score (nSPS) is 10.3. The molecule has 19 heavy (non-hydrogen) atoms. The highest BCUT2D eigenvalue weighted by molar-refractivity contribution is 6.32. The first-order chi connectivity index (χ1) is 9.01. The summed E-state index contributed by atoms with van der Waals surface area (Å²) in [6, 6.07) is 9.56. The quantitative estimate of drug-likeness (QED) is 0.692. The van der Waals surface area contributed by atoms with Gasteiger partial charge in [-0.1, -0.05) is 23.2 Å². The van der Waals surface area contributed by atoms with Crippen LogP contribution in [0.15, 0.2) is 36.4 Å². The van der Waals surface area contributed by atoms with Crippen molar-refractivity contribution in [2.24, 2.45) is 0 Å². The fourth-order valence-corrected chi connectivity index (χ4v) is 2.15. The van der Waals surface area contributed by atoms with Crippen LogP contribution in [-0.2, 0) is 0 Å². The molecule has 0 heterocycles. The zero-order valence-corrected chi connectivity index (χ0v) is 11.6. The number of methoxy groups -OCH3 is 1. The van der Waals surface area contributed by atoms with Crippen LogP contribution in [0.5, 0.6) is 5.75 Å². The van der Waals surface area contributed by atoms with Gasteiger partial charge in [0.1, 0.15) is 5.75 Å². The highest BCUT2D eigenvalue weighted by atomic mass is 35.5. The first-order valence-corrected chi connectivity index (χ1v) is 6.21. The maximum atomic E-state index is 12.3. The van der Waals surface area contributed by atoms with Crippen molar-refractivity contribution in [3.05, 3.63) is 57.6 Å². The van der Waals surface area contributed by atoms with Crippen LogP contribution < -0.4 is 10.5 Å². The number of nitrogen functional groups attached to an aromatic ring is 1. The Labute approximate surface area is 120 Å². The first-order valence-electron chi connectivity index (χ1n) is 5.45.